The Morgan fingerprint density at radius 1 is 1.43 bits per heavy atom. The van der Waals surface area contributed by atoms with Crippen molar-refractivity contribution in [3.8, 4) is 0 Å². The van der Waals surface area contributed by atoms with E-state index in [4.69, 9.17) is 4.74 Å². The summed E-state index contributed by atoms with van der Waals surface area (Å²) in [5.74, 6) is 0.190. The minimum Gasteiger partial charge on any atom is -0.371 e. The highest BCUT2D eigenvalue weighted by Crippen LogP contribution is 2.26. The van der Waals surface area contributed by atoms with Crippen LogP contribution in [0.2, 0.25) is 0 Å². The van der Waals surface area contributed by atoms with Crippen LogP contribution in [0.5, 0.6) is 0 Å². The lowest BCUT2D eigenvalue weighted by Crippen LogP contribution is -2.32. The molecule has 1 aromatic carbocycles. The summed E-state index contributed by atoms with van der Waals surface area (Å²) in [4.78, 5) is 12.4. The second-order valence-corrected chi connectivity index (χ2v) is 6.25. The summed E-state index contributed by atoms with van der Waals surface area (Å²) in [6, 6.07) is 10.1. The lowest BCUT2D eigenvalue weighted by Gasteiger charge is -2.26. The molecule has 0 radical (unpaired) electrons. The molecule has 3 rings (SSSR count). The van der Waals surface area contributed by atoms with Crippen molar-refractivity contribution >= 4 is 5.91 Å². The summed E-state index contributed by atoms with van der Waals surface area (Å²) in [7, 11) is 1.80. The summed E-state index contributed by atoms with van der Waals surface area (Å²) in [5.41, 5.74) is 3.99. The van der Waals surface area contributed by atoms with Crippen molar-refractivity contribution in [3.63, 3.8) is 0 Å². The van der Waals surface area contributed by atoms with Gasteiger partial charge in [-0.1, -0.05) is 38.1 Å². The van der Waals surface area contributed by atoms with Gasteiger partial charge >= 0.3 is 0 Å². The highest BCUT2D eigenvalue weighted by Gasteiger charge is 2.22. The fourth-order valence-corrected chi connectivity index (χ4v) is 2.91. The van der Waals surface area contributed by atoms with Gasteiger partial charge in [0.05, 0.1) is 12.3 Å². The number of amides is 1. The molecule has 0 fully saturated rings. The lowest BCUT2D eigenvalue weighted by molar-refractivity contribution is 0.0410. The van der Waals surface area contributed by atoms with E-state index in [1.807, 2.05) is 18.2 Å². The number of benzene rings is 1. The van der Waals surface area contributed by atoms with Crippen LogP contribution in [0.3, 0.4) is 0 Å². The van der Waals surface area contributed by atoms with Crippen LogP contribution in [-0.2, 0) is 18.2 Å². The molecule has 0 spiro atoms. The third-order valence-corrected chi connectivity index (χ3v) is 4.26. The maximum atomic E-state index is 12.4. The van der Waals surface area contributed by atoms with Crippen molar-refractivity contribution in [3.05, 3.63) is 52.8 Å². The Morgan fingerprint density at radius 2 is 2.22 bits per heavy atom. The first-order valence-electron chi connectivity index (χ1n) is 8.08. The highest BCUT2D eigenvalue weighted by molar-refractivity contribution is 5.92. The molecule has 1 N–H and O–H groups in total. The molecule has 2 aromatic rings. The van der Waals surface area contributed by atoms with Crippen molar-refractivity contribution in [1.29, 1.82) is 0 Å². The smallest absolute Gasteiger partial charge is 0.269 e. The van der Waals surface area contributed by atoms with E-state index in [1.54, 1.807) is 11.7 Å². The Hall–Kier alpha value is -2.14. The number of carbonyl (C=O) groups is 1. The maximum absolute atomic E-state index is 12.4. The molecule has 1 unspecified atom stereocenters. The first-order valence-corrected chi connectivity index (χ1v) is 8.08. The fraction of sp³-hybridized carbons (Fsp3) is 0.444. The van der Waals surface area contributed by atoms with Crippen molar-refractivity contribution in [2.75, 3.05) is 13.2 Å². The molecule has 0 aliphatic carbocycles. The Labute approximate surface area is 136 Å². The van der Waals surface area contributed by atoms with E-state index < -0.39 is 0 Å². The molecular weight excluding hydrogens is 290 g/mol. The van der Waals surface area contributed by atoms with Crippen LogP contribution >= 0.6 is 0 Å². The summed E-state index contributed by atoms with van der Waals surface area (Å²) >= 11 is 0. The van der Waals surface area contributed by atoms with E-state index in [9.17, 15) is 4.79 Å². The van der Waals surface area contributed by atoms with E-state index >= 15 is 0 Å². The average molecular weight is 313 g/mol. The summed E-state index contributed by atoms with van der Waals surface area (Å²) in [6.07, 6.45) is 0.849. The Morgan fingerprint density at radius 3 is 2.96 bits per heavy atom. The predicted molar refractivity (Wildman–Crippen MR) is 88.5 cm³/mol. The number of aromatic nitrogens is 2. The van der Waals surface area contributed by atoms with E-state index in [0.29, 0.717) is 24.8 Å². The Bertz CT molecular complexity index is 706. The van der Waals surface area contributed by atoms with E-state index in [2.05, 4.69) is 36.4 Å². The minimum absolute atomic E-state index is 0.0818. The van der Waals surface area contributed by atoms with Gasteiger partial charge in [0.1, 0.15) is 11.8 Å². The molecule has 2 heterocycles. The number of hydrogen-bond donors (Lipinski definition) is 1. The number of fused-ring (bicyclic) bond motifs is 1. The molecule has 0 bridgehead atoms. The molecule has 1 aromatic heterocycles. The Balaban J connectivity index is 1.68. The second-order valence-electron chi connectivity index (χ2n) is 6.25. The van der Waals surface area contributed by atoms with Gasteiger partial charge in [0.15, 0.2) is 0 Å². The van der Waals surface area contributed by atoms with Crippen molar-refractivity contribution < 1.29 is 9.53 Å². The first kappa shape index (κ1) is 15.7. The Kier molecular flexibility index (Phi) is 4.48. The van der Waals surface area contributed by atoms with Gasteiger partial charge < -0.3 is 10.1 Å². The molecule has 23 heavy (non-hydrogen) atoms. The number of rotatable bonds is 4. The van der Waals surface area contributed by atoms with Crippen molar-refractivity contribution in [1.82, 2.24) is 15.1 Å². The van der Waals surface area contributed by atoms with Gasteiger partial charge in [-0.15, -0.1) is 0 Å². The van der Waals surface area contributed by atoms with Crippen LogP contribution in [0.15, 0.2) is 30.3 Å². The monoisotopic (exact) mass is 313 g/mol. The fourth-order valence-electron chi connectivity index (χ4n) is 2.91. The molecule has 1 aliphatic heterocycles. The molecular formula is C18H23N3O2. The van der Waals surface area contributed by atoms with Gasteiger partial charge in [-0.2, -0.15) is 5.10 Å². The van der Waals surface area contributed by atoms with Gasteiger partial charge in [0.2, 0.25) is 0 Å². The predicted octanol–water partition coefficient (Wildman–Crippen LogP) is 2.59. The first-order chi connectivity index (χ1) is 11.1. The largest absolute Gasteiger partial charge is 0.371 e. The van der Waals surface area contributed by atoms with Crippen molar-refractivity contribution in [2.24, 2.45) is 7.05 Å². The normalized spacial score (nSPS) is 17.1. The summed E-state index contributed by atoms with van der Waals surface area (Å²) < 4.78 is 7.47. The van der Waals surface area contributed by atoms with Crippen LogP contribution in [0.4, 0.5) is 0 Å². The summed E-state index contributed by atoms with van der Waals surface area (Å²) in [6.45, 7) is 5.30. The number of nitrogens with zero attached hydrogens (tertiary/aromatic N) is 2. The topological polar surface area (TPSA) is 56.1 Å². The van der Waals surface area contributed by atoms with Crippen LogP contribution < -0.4 is 5.32 Å². The molecule has 122 valence electrons. The minimum atomic E-state index is -0.112. The number of ether oxygens (including phenoxy) is 1. The van der Waals surface area contributed by atoms with Crippen LogP contribution in [-0.4, -0.2) is 28.8 Å². The third-order valence-electron chi connectivity index (χ3n) is 4.26. The van der Waals surface area contributed by atoms with E-state index in [-0.39, 0.29) is 12.0 Å². The molecule has 1 aliphatic rings. The zero-order valence-corrected chi connectivity index (χ0v) is 13.9. The number of hydrogen-bond acceptors (Lipinski definition) is 3. The molecule has 0 saturated heterocycles. The number of aryl methyl sites for hydroxylation is 1. The van der Waals surface area contributed by atoms with Gasteiger partial charge in [0, 0.05) is 13.6 Å². The molecule has 0 saturated carbocycles. The number of nitrogens with one attached hydrogen (secondary N) is 1. The van der Waals surface area contributed by atoms with Gasteiger partial charge in [0.25, 0.3) is 5.91 Å². The van der Waals surface area contributed by atoms with Crippen LogP contribution in [0, 0.1) is 0 Å². The van der Waals surface area contributed by atoms with Crippen LogP contribution in [0.25, 0.3) is 0 Å². The molecule has 1 amide bonds. The quantitative estimate of drug-likeness (QED) is 0.944. The SMILES string of the molecule is CC(C)c1cc(C(=O)NCC2OCCc3ccccc32)n(C)n1. The molecule has 1 atom stereocenters. The van der Waals surface area contributed by atoms with Gasteiger partial charge in [-0.05, 0) is 29.5 Å². The third kappa shape index (κ3) is 3.29. The maximum Gasteiger partial charge on any atom is 0.269 e. The second kappa shape index (κ2) is 6.54. The molecule has 5 heteroatoms. The lowest BCUT2D eigenvalue weighted by atomic mass is 9.97. The van der Waals surface area contributed by atoms with Crippen molar-refractivity contribution in [2.45, 2.75) is 32.3 Å². The van der Waals surface area contributed by atoms with E-state index in [1.165, 1.54) is 11.1 Å². The zero-order chi connectivity index (χ0) is 16.4. The van der Waals surface area contributed by atoms with Crippen LogP contribution in [0.1, 0.15) is 53.2 Å². The summed E-state index contributed by atoms with van der Waals surface area (Å²) in [5, 5.41) is 7.36. The van der Waals surface area contributed by atoms with E-state index in [0.717, 1.165) is 12.1 Å². The van der Waals surface area contributed by atoms with Gasteiger partial charge in [-0.25, -0.2) is 0 Å². The number of carbonyl (C=O) groups excluding carboxylic acids is 1. The van der Waals surface area contributed by atoms with Gasteiger partial charge in [-0.3, -0.25) is 9.48 Å². The average Bonchev–Trinajstić information content (AvgIpc) is 2.95. The molecule has 5 nitrogen and oxygen atoms in total. The zero-order valence-electron chi connectivity index (χ0n) is 13.9. The standard InChI is InChI=1S/C18H23N3O2/c1-12(2)15-10-16(21(3)20-15)18(22)19-11-17-14-7-5-4-6-13(14)8-9-23-17/h4-7,10,12,17H,8-9,11H2,1-3H3,(H,19,22). The highest BCUT2D eigenvalue weighted by atomic mass is 16.5.